The Morgan fingerprint density at radius 1 is 1.89 bits per heavy atom. The molecule has 9 heavy (non-hydrogen) atoms. The van der Waals surface area contributed by atoms with Gasteiger partial charge in [0.25, 0.3) is 0 Å². The Bertz CT molecular complexity index is 202. The van der Waals surface area contributed by atoms with Crippen LogP contribution in [-0.2, 0) is 6.42 Å². The molecule has 0 aliphatic heterocycles. The quantitative estimate of drug-likeness (QED) is 0.592. The highest BCUT2D eigenvalue weighted by atomic mass is 15.1. The van der Waals surface area contributed by atoms with Crippen molar-refractivity contribution in [1.29, 1.82) is 0 Å². The summed E-state index contributed by atoms with van der Waals surface area (Å²) in [6.07, 6.45) is 2.60. The molecule has 0 atom stereocenters. The van der Waals surface area contributed by atoms with Gasteiger partial charge in [0.1, 0.15) is 5.69 Å². The molecule has 1 heterocycles. The first-order valence-electron chi connectivity index (χ1n) is 2.87. The van der Waals surface area contributed by atoms with E-state index in [9.17, 15) is 0 Å². The lowest BCUT2D eigenvalue weighted by Gasteiger charge is -1.88. The van der Waals surface area contributed by atoms with Crippen molar-refractivity contribution >= 4 is 12.4 Å². The van der Waals surface area contributed by atoms with Crippen LogP contribution in [0.1, 0.15) is 12.6 Å². The zero-order chi connectivity index (χ0) is 6.69. The van der Waals surface area contributed by atoms with E-state index in [0.29, 0.717) is 0 Å². The largest absolute Gasteiger partial charge is 0.280 e. The topological polar surface area (TPSA) is 41.0 Å². The second kappa shape index (κ2) is 2.44. The summed E-state index contributed by atoms with van der Waals surface area (Å²) in [6, 6.07) is 0. The molecular formula is C6H9N3. The third kappa shape index (κ3) is 0.988. The first-order chi connectivity index (χ1) is 4.38. The monoisotopic (exact) mass is 123 g/mol. The van der Waals surface area contributed by atoms with Crippen LogP contribution in [0, 0.1) is 0 Å². The second-order valence-electron chi connectivity index (χ2n) is 1.75. The van der Waals surface area contributed by atoms with Gasteiger partial charge in [0.15, 0.2) is 0 Å². The van der Waals surface area contributed by atoms with Gasteiger partial charge in [-0.1, -0.05) is 6.92 Å². The average Bonchev–Trinajstić information content (AvgIpc) is 2.33. The third-order valence-electron chi connectivity index (χ3n) is 1.22. The normalized spacial score (nSPS) is 9.44. The fourth-order valence-corrected chi connectivity index (χ4v) is 0.703. The molecule has 0 amide bonds. The van der Waals surface area contributed by atoms with Crippen LogP contribution in [0.15, 0.2) is 11.2 Å². The molecule has 0 fully saturated rings. The van der Waals surface area contributed by atoms with Crippen LogP contribution in [0.2, 0.25) is 0 Å². The highest BCUT2D eigenvalue weighted by Gasteiger charge is 1.96. The average molecular weight is 123 g/mol. The number of hydrogen-bond acceptors (Lipinski definition) is 2. The molecule has 0 unspecified atom stereocenters. The zero-order valence-corrected chi connectivity index (χ0v) is 5.39. The molecule has 0 spiro atoms. The molecule has 1 aromatic rings. The van der Waals surface area contributed by atoms with Crippen molar-refractivity contribution in [1.82, 2.24) is 10.2 Å². The molecular weight excluding hydrogens is 114 g/mol. The number of aromatic nitrogens is 2. The molecule has 0 aliphatic carbocycles. The first-order valence-corrected chi connectivity index (χ1v) is 2.87. The smallest absolute Gasteiger partial charge is 0.103 e. The van der Waals surface area contributed by atoms with E-state index in [1.807, 2.05) is 6.92 Å². The van der Waals surface area contributed by atoms with E-state index in [-0.39, 0.29) is 0 Å². The molecule has 0 saturated carbocycles. The van der Waals surface area contributed by atoms with Gasteiger partial charge < -0.3 is 0 Å². The Kier molecular flexibility index (Phi) is 1.63. The van der Waals surface area contributed by atoms with Crippen molar-refractivity contribution < 1.29 is 0 Å². The van der Waals surface area contributed by atoms with E-state index in [2.05, 4.69) is 21.9 Å². The van der Waals surface area contributed by atoms with Crippen molar-refractivity contribution in [2.24, 2.45) is 4.99 Å². The lowest BCUT2D eigenvalue weighted by molar-refractivity contribution is 0.974. The molecule has 1 N–H and O–H groups in total. The summed E-state index contributed by atoms with van der Waals surface area (Å²) in [5.74, 6) is 0. The SMILES string of the molecule is C=Nc1cn[nH]c1CC. The van der Waals surface area contributed by atoms with Gasteiger partial charge in [0.2, 0.25) is 0 Å². The second-order valence-corrected chi connectivity index (χ2v) is 1.75. The summed E-state index contributed by atoms with van der Waals surface area (Å²) in [6.45, 7) is 5.45. The van der Waals surface area contributed by atoms with Gasteiger partial charge in [0, 0.05) is 0 Å². The van der Waals surface area contributed by atoms with E-state index in [0.717, 1.165) is 17.8 Å². The first kappa shape index (κ1) is 6.01. The lowest BCUT2D eigenvalue weighted by Crippen LogP contribution is -1.78. The maximum atomic E-state index is 3.81. The van der Waals surface area contributed by atoms with Crippen molar-refractivity contribution in [2.45, 2.75) is 13.3 Å². The van der Waals surface area contributed by atoms with Crippen LogP contribution in [0.25, 0.3) is 0 Å². The van der Waals surface area contributed by atoms with Crippen LogP contribution in [0.3, 0.4) is 0 Å². The van der Waals surface area contributed by atoms with Gasteiger partial charge in [0.05, 0.1) is 11.9 Å². The van der Waals surface area contributed by atoms with E-state index >= 15 is 0 Å². The molecule has 0 bridgehead atoms. The Labute approximate surface area is 53.8 Å². The van der Waals surface area contributed by atoms with E-state index < -0.39 is 0 Å². The Balaban J connectivity index is 2.98. The summed E-state index contributed by atoms with van der Waals surface area (Å²) in [5, 5.41) is 6.63. The molecule has 48 valence electrons. The van der Waals surface area contributed by atoms with Crippen LogP contribution >= 0.6 is 0 Å². The number of nitrogens with zero attached hydrogens (tertiary/aromatic N) is 2. The highest BCUT2D eigenvalue weighted by Crippen LogP contribution is 2.13. The number of H-pyrrole nitrogens is 1. The zero-order valence-electron chi connectivity index (χ0n) is 5.39. The molecule has 3 nitrogen and oxygen atoms in total. The number of nitrogens with one attached hydrogen (secondary N) is 1. The van der Waals surface area contributed by atoms with Crippen LogP contribution in [-0.4, -0.2) is 16.9 Å². The van der Waals surface area contributed by atoms with Crippen molar-refractivity contribution in [2.75, 3.05) is 0 Å². The molecule has 0 aromatic carbocycles. The minimum atomic E-state index is 0.859. The summed E-state index contributed by atoms with van der Waals surface area (Å²) >= 11 is 0. The minimum Gasteiger partial charge on any atom is -0.280 e. The third-order valence-corrected chi connectivity index (χ3v) is 1.22. The van der Waals surface area contributed by atoms with E-state index in [1.165, 1.54) is 0 Å². The van der Waals surface area contributed by atoms with E-state index in [1.54, 1.807) is 6.20 Å². The Hall–Kier alpha value is -1.12. The van der Waals surface area contributed by atoms with E-state index in [4.69, 9.17) is 0 Å². The summed E-state index contributed by atoms with van der Waals surface area (Å²) in [4.78, 5) is 3.76. The summed E-state index contributed by atoms with van der Waals surface area (Å²) in [7, 11) is 0. The summed E-state index contributed by atoms with van der Waals surface area (Å²) in [5.41, 5.74) is 1.91. The van der Waals surface area contributed by atoms with Crippen molar-refractivity contribution in [3.63, 3.8) is 0 Å². The number of rotatable bonds is 2. The maximum Gasteiger partial charge on any atom is 0.103 e. The maximum absolute atomic E-state index is 3.81. The molecule has 0 saturated heterocycles. The minimum absolute atomic E-state index is 0.859. The van der Waals surface area contributed by atoms with Crippen LogP contribution in [0.4, 0.5) is 5.69 Å². The fraction of sp³-hybridized carbons (Fsp3) is 0.333. The number of aliphatic imine (C=N–C) groups is 1. The fourth-order valence-electron chi connectivity index (χ4n) is 0.703. The summed E-state index contributed by atoms with van der Waals surface area (Å²) < 4.78 is 0. The lowest BCUT2D eigenvalue weighted by atomic mass is 10.3. The Morgan fingerprint density at radius 3 is 3.11 bits per heavy atom. The molecule has 3 heteroatoms. The number of hydrogen-bond donors (Lipinski definition) is 1. The Morgan fingerprint density at radius 2 is 2.67 bits per heavy atom. The molecule has 0 radical (unpaired) electrons. The van der Waals surface area contributed by atoms with Crippen molar-refractivity contribution in [3.05, 3.63) is 11.9 Å². The molecule has 1 aromatic heterocycles. The number of aromatic amines is 1. The standard InChI is InChI=1S/C6H9N3/c1-3-5-6(7-2)4-8-9-5/h4H,2-3H2,1H3,(H,8,9). The van der Waals surface area contributed by atoms with Gasteiger partial charge in [-0.25, -0.2) is 0 Å². The molecule has 0 aliphatic rings. The predicted octanol–water partition coefficient (Wildman–Crippen LogP) is 1.30. The van der Waals surface area contributed by atoms with Gasteiger partial charge in [-0.15, -0.1) is 0 Å². The van der Waals surface area contributed by atoms with Crippen molar-refractivity contribution in [3.8, 4) is 0 Å². The van der Waals surface area contributed by atoms with Crippen LogP contribution < -0.4 is 0 Å². The van der Waals surface area contributed by atoms with Crippen LogP contribution in [0.5, 0.6) is 0 Å². The highest BCUT2D eigenvalue weighted by molar-refractivity contribution is 5.46. The van der Waals surface area contributed by atoms with Gasteiger partial charge in [-0.2, -0.15) is 5.10 Å². The predicted molar refractivity (Wildman–Crippen MR) is 37.2 cm³/mol. The van der Waals surface area contributed by atoms with Gasteiger partial charge in [-0.3, -0.25) is 10.1 Å². The van der Waals surface area contributed by atoms with Gasteiger partial charge >= 0.3 is 0 Å². The molecule has 1 rings (SSSR count). The van der Waals surface area contributed by atoms with Gasteiger partial charge in [-0.05, 0) is 13.1 Å². The number of aryl methyl sites for hydroxylation is 1.